The highest BCUT2D eigenvalue weighted by Gasteiger charge is 2.17. The summed E-state index contributed by atoms with van der Waals surface area (Å²) in [5.74, 6) is -0.240. The van der Waals surface area contributed by atoms with Gasteiger partial charge in [0.05, 0.1) is 34.5 Å². The van der Waals surface area contributed by atoms with Gasteiger partial charge in [-0.05, 0) is 37.4 Å². The molecular formula is C21H28ClN5O3S. The van der Waals surface area contributed by atoms with Crippen LogP contribution in [0.4, 0.5) is 5.69 Å². The largest absolute Gasteiger partial charge is 0.412 e. The van der Waals surface area contributed by atoms with E-state index in [4.69, 9.17) is 5.73 Å². The number of nitrogens with two attached hydrogens (primary N) is 1. The van der Waals surface area contributed by atoms with Crippen molar-refractivity contribution in [2.24, 2.45) is 5.73 Å². The Morgan fingerprint density at radius 2 is 1.97 bits per heavy atom. The smallest absolute Gasteiger partial charge is 0.238 e. The minimum absolute atomic E-state index is 0. The molecule has 10 heteroatoms. The summed E-state index contributed by atoms with van der Waals surface area (Å²) in [6.45, 7) is 8.03. The van der Waals surface area contributed by atoms with Crippen LogP contribution in [0.2, 0.25) is 0 Å². The number of fused-ring (bicyclic) bond motifs is 2. The Labute approximate surface area is 189 Å². The standard InChI is InChI=1S/C21H25N5O2S.ClH.H2O/c1-3-25(4-2)9-10-26-16-8-7-15(23-18(28)12-22)21-19(16)20(24-26)14-6-5-13(27)11-17(14)29-21;;/h5-8,11,24H,3-4,9-10,12,22H2,1-2H3,(H,23,28);1H;1H2. The van der Waals surface area contributed by atoms with Crippen molar-refractivity contribution in [3.05, 3.63) is 40.6 Å². The molecule has 0 aliphatic rings. The quantitative estimate of drug-likeness (QED) is 0.362. The highest BCUT2D eigenvalue weighted by atomic mass is 35.5. The summed E-state index contributed by atoms with van der Waals surface area (Å²) >= 11 is 1.52. The second-order valence-electron chi connectivity index (χ2n) is 7.01. The van der Waals surface area contributed by atoms with Crippen LogP contribution in [-0.4, -0.2) is 52.2 Å². The molecule has 1 amide bonds. The molecule has 0 aliphatic heterocycles. The van der Waals surface area contributed by atoms with Crippen molar-refractivity contribution in [1.29, 1.82) is 0 Å². The van der Waals surface area contributed by atoms with Crippen molar-refractivity contribution in [3.8, 4) is 0 Å². The molecule has 0 aliphatic carbocycles. The van der Waals surface area contributed by atoms with Gasteiger partial charge in [-0.15, -0.1) is 23.7 Å². The molecular weight excluding hydrogens is 438 g/mol. The number of nitrogens with zero attached hydrogens (tertiary/aromatic N) is 2. The number of H-pyrrole nitrogens is 1. The van der Waals surface area contributed by atoms with Gasteiger partial charge in [-0.3, -0.25) is 19.4 Å². The third-order valence-electron chi connectivity index (χ3n) is 5.35. The van der Waals surface area contributed by atoms with Gasteiger partial charge in [0.2, 0.25) is 5.91 Å². The van der Waals surface area contributed by atoms with E-state index in [1.54, 1.807) is 12.1 Å². The first-order valence-electron chi connectivity index (χ1n) is 9.85. The summed E-state index contributed by atoms with van der Waals surface area (Å²) in [4.78, 5) is 26.2. The van der Waals surface area contributed by atoms with E-state index in [-0.39, 0.29) is 35.8 Å². The lowest BCUT2D eigenvalue weighted by Crippen LogP contribution is -2.27. The molecule has 0 radical (unpaired) electrons. The number of hydrogen-bond donors (Lipinski definition) is 3. The van der Waals surface area contributed by atoms with E-state index in [0.717, 1.165) is 63.1 Å². The number of aromatic nitrogens is 2. The van der Waals surface area contributed by atoms with E-state index in [2.05, 4.69) is 33.8 Å². The Morgan fingerprint density at radius 1 is 1.23 bits per heavy atom. The average molecular weight is 466 g/mol. The predicted molar refractivity (Wildman–Crippen MR) is 132 cm³/mol. The number of aromatic amines is 1. The Hall–Kier alpha value is -2.43. The molecule has 0 fully saturated rings. The number of amides is 1. The SMILES string of the molecule is CCN(CC)CCn1[nH]c2c3ccc(=O)cc3sc3c(NC(=O)CN)ccc1c32.Cl.O. The van der Waals surface area contributed by atoms with Crippen molar-refractivity contribution in [1.82, 2.24) is 14.7 Å². The number of likely N-dealkylation sites (N-methyl/N-ethyl adjacent to an activating group) is 1. The maximum atomic E-state index is 11.9. The first-order valence-corrected chi connectivity index (χ1v) is 10.7. The molecule has 2 heterocycles. The van der Waals surface area contributed by atoms with Gasteiger partial charge < -0.3 is 21.4 Å². The van der Waals surface area contributed by atoms with Crippen LogP contribution in [0.5, 0.6) is 0 Å². The van der Waals surface area contributed by atoms with Crippen LogP contribution >= 0.6 is 23.7 Å². The summed E-state index contributed by atoms with van der Waals surface area (Å²) < 4.78 is 3.98. The molecule has 0 unspecified atom stereocenters. The number of rotatable bonds is 7. The molecule has 0 spiro atoms. The van der Waals surface area contributed by atoms with Crippen molar-refractivity contribution >= 4 is 66.5 Å². The molecule has 0 bridgehead atoms. The zero-order valence-corrected chi connectivity index (χ0v) is 19.2. The molecule has 0 saturated heterocycles. The van der Waals surface area contributed by atoms with Gasteiger partial charge in [-0.25, -0.2) is 0 Å². The van der Waals surface area contributed by atoms with E-state index < -0.39 is 0 Å². The van der Waals surface area contributed by atoms with Gasteiger partial charge in [0.1, 0.15) is 0 Å². The zero-order valence-electron chi connectivity index (χ0n) is 17.5. The van der Waals surface area contributed by atoms with Crippen LogP contribution < -0.4 is 16.5 Å². The lowest BCUT2D eigenvalue weighted by atomic mass is 10.1. The van der Waals surface area contributed by atoms with Gasteiger partial charge in [-0.1, -0.05) is 13.8 Å². The molecule has 6 N–H and O–H groups in total. The van der Waals surface area contributed by atoms with Crippen molar-refractivity contribution < 1.29 is 10.3 Å². The molecule has 31 heavy (non-hydrogen) atoms. The molecule has 2 aromatic heterocycles. The van der Waals surface area contributed by atoms with E-state index in [1.165, 1.54) is 11.3 Å². The summed E-state index contributed by atoms with van der Waals surface area (Å²) in [6, 6.07) is 9.06. The van der Waals surface area contributed by atoms with Gasteiger partial charge in [0.25, 0.3) is 0 Å². The second-order valence-corrected chi connectivity index (χ2v) is 8.07. The monoisotopic (exact) mass is 465 g/mol. The van der Waals surface area contributed by atoms with Gasteiger partial charge >= 0.3 is 0 Å². The lowest BCUT2D eigenvalue weighted by molar-refractivity contribution is -0.114. The van der Waals surface area contributed by atoms with E-state index >= 15 is 0 Å². The third kappa shape index (κ3) is 4.60. The fourth-order valence-corrected chi connectivity index (χ4v) is 4.96. The minimum Gasteiger partial charge on any atom is -0.412 e. The molecule has 0 saturated carbocycles. The molecule has 168 valence electrons. The van der Waals surface area contributed by atoms with Crippen molar-refractivity contribution in [2.75, 3.05) is 31.5 Å². The van der Waals surface area contributed by atoms with Crippen LogP contribution in [0, 0.1) is 0 Å². The normalized spacial score (nSPS) is 11.1. The summed E-state index contributed by atoms with van der Waals surface area (Å²) in [6.07, 6.45) is 0. The number of carbonyl (C=O) groups is 1. The second kappa shape index (κ2) is 10.3. The Kier molecular flexibility index (Phi) is 8.21. The molecule has 2 aromatic carbocycles. The van der Waals surface area contributed by atoms with Gasteiger partial charge in [-0.2, -0.15) is 0 Å². The average Bonchev–Trinajstić information content (AvgIpc) is 3.10. The van der Waals surface area contributed by atoms with Crippen LogP contribution in [0.3, 0.4) is 0 Å². The van der Waals surface area contributed by atoms with Crippen LogP contribution in [0.15, 0.2) is 35.1 Å². The number of benzene rings is 2. The number of hydrogen-bond acceptors (Lipinski definition) is 5. The number of nitrogens with one attached hydrogen (secondary N) is 2. The maximum Gasteiger partial charge on any atom is 0.238 e. The first kappa shape index (κ1) is 24.8. The summed E-state index contributed by atoms with van der Waals surface area (Å²) in [7, 11) is 0. The highest BCUT2D eigenvalue weighted by Crippen LogP contribution is 2.40. The summed E-state index contributed by atoms with van der Waals surface area (Å²) in [5.41, 5.74) is 8.24. The van der Waals surface area contributed by atoms with Gasteiger partial charge in [0, 0.05) is 28.1 Å². The van der Waals surface area contributed by atoms with E-state index in [1.807, 2.05) is 18.2 Å². The van der Waals surface area contributed by atoms with Gasteiger partial charge in [0.15, 0.2) is 5.43 Å². The van der Waals surface area contributed by atoms with Crippen LogP contribution in [0.25, 0.3) is 31.2 Å². The van der Waals surface area contributed by atoms with Crippen LogP contribution in [-0.2, 0) is 11.3 Å². The highest BCUT2D eigenvalue weighted by molar-refractivity contribution is 7.25. The fourth-order valence-electron chi connectivity index (χ4n) is 3.75. The number of carbonyl (C=O) groups excluding carboxylic acids is 1. The van der Waals surface area contributed by atoms with Crippen molar-refractivity contribution in [2.45, 2.75) is 20.4 Å². The Bertz CT molecular complexity index is 1260. The molecule has 4 aromatic rings. The molecule has 4 rings (SSSR count). The minimum atomic E-state index is -0.240. The summed E-state index contributed by atoms with van der Waals surface area (Å²) in [5, 5.41) is 8.51. The lowest BCUT2D eigenvalue weighted by Gasteiger charge is -2.18. The molecule has 0 atom stereocenters. The zero-order chi connectivity index (χ0) is 20.5. The Morgan fingerprint density at radius 3 is 2.65 bits per heavy atom. The predicted octanol–water partition coefficient (Wildman–Crippen LogP) is 2.53. The number of halogens is 1. The Balaban J connectivity index is 0.00000171. The topological polar surface area (TPSA) is 128 Å². The first-order chi connectivity index (χ1) is 14.0. The number of anilines is 1. The molecule has 8 nitrogen and oxygen atoms in total. The van der Waals surface area contributed by atoms with E-state index in [9.17, 15) is 9.59 Å². The van der Waals surface area contributed by atoms with Crippen LogP contribution in [0.1, 0.15) is 13.8 Å². The van der Waals surface area contributed by atoms with E-state index in [0.29, 0.717) is 0 Å². The fraction of sp³-hybridized carbons (Fsp3) is 0.333. The van der Waals surface area contributed by atoms with Crippen molar-refractivity contribution in [3.63, 3.8) is 0 Å². The maximum absolute atomic E-state index is 11.9. The third-order valence-corrected chi connectivity index (χ3v) is 6.54.